The lowest BCUT2D eigenvalue weighted by molar-refractivity contribution is 0.282. The van der Waals surface area contributed by atoms with Crippen molar-refractivity contribution in [3.63, 3.8) is 0 Å². The molecule has 0 aliphatic heterocycles. The van der Waals surface area contributed by atoms with Gasteiger partial charge < -0.3 is 10.4 Å². The van der Waals surface area contributed by atoms with Gasteiger partial charge in [0.2, 0.25) is 0 Å². The van der Waals surface area contributed by atoms with Gasteiger partial charge in [0.05, 0.1) is 12.6 Å². The first-order chi connectivity index (χ1) is 9.86. The second kappa shape index (κ2) is 6.22. The van der Waals surface area contributed by atoms with E-state index in [4.69, 9.17) is 0 Å². The van der Waals surface area contributed by atoms with Crippen molar-refractivity contribution in [1.29, 1.82) is 0 Å². The number of aliphatic hydroxyl groups excluding tert-OH is 1. The number of anilines is 1. The van der Waals surface area contributed by atoms with Gasteiger partial charge in [-0.3, -0.25) is 0 Å². The molecule has 20 heavy (non-hydrogen) atoms. The first-order valence-electron chi connectivity index (χ1n) is 6.40. The molecule has 2 N–H and O–H groups in total. The molecule has 0 amide bonds. The van der Waals surface area contributed by atoms with Crippen LogP contribution < -0.4 is 5.32 Å². The van der Waals surface area contributed by atoms with Crippen LogP contribution in [0.15, 0.2) is 59.3 Å². The van der Waals surface area contributed by atoms with Gasteiger partial charge in [-0.05, 0) is 40.6 Å². The van der Waals surface area contributed by atoms with Crippen LogP contribution in [-0.4, -0.2) is 5.11 Å². The Morgan fingerprint density at radius 2 is 1.65 bits per heavy atom. The van der Waals surface area contributed by atoms with Gasteiger partial charge in [0.25, 0.3) is 0 Å². The summed E-state index contributed by atoms with van der Waals surface area (Å²) in [7, 11) is 0. The molecule has 2 nitrogen and oxygen atoms in total. The maximum atomic E-state index is 9.24. The van der Waals surface area contributed by atoms with Crippen LogP contribution in [0.5, 0.6) is 0 Å². The molecule has 1 aromatic carbocycles. The first-order valence-corrected chi connectivity index (χ1v) is 8.16. The van der Waals surface area contributed by atoms with Crippen LogP contribution in [0.4, 0.5) is 5.69 Å². The van der Waals surface area contributed by atoms with Crippen LogP contribution in [0.25, 0.3) is 0 Å². The molecule has 0 saturated carbocycles. The highest BCUT2D eigenvalue weighted by Gasteiger charge is 2.16. The Labute approximate surface area is 126 Å². The molecule has 0 radical (unpaired) electrons. The summed E-state index contributed by atoms with van der Waals surface area (Å²) in [6, 6.07) is 16.5. The SMILES string of the molecule is OCc1cccc(NC(c2cccs2)c2cccs2)c1. The molecule has 0 atom stereocenters. The summed E-state index contributed by atoms with van der Waals surface area (Å²) in [5, 5.41) is 17.0. The third-order valence-corrected chi connectivity index (χ3v) is 4.95. The van der Waals surface area contributed by atoms with Crippen LogP contribution in [-0.2, 0) is 6.61 Å². The Morgan fingerprint density at radius 1 is 0.950 bits per heavy atom. The zero-order chi connectivity index (χ0) is 13.8. The van der Waals surface area contributed by atoms with Crippen LogP contribution in [0, 0.1) is 0 Å². The fourth-order valence-electron chi connectivity index (χ4n) is 2.12. The maximum Gasteiger partial charge on any atom is 0.0953 e. The third-order valence-electron chi connectivity index (χ3n) is 3.08. The van der Waals surface area contributed by atoms with Gasteiger partial charge in [0.1, 0.15) is 0 Å². The topological polar surface area (TPSA) is 32.3 Å². The van der Waals surface area contributed by atoms with Crippen molar-refractivity contribution in [3.05, 3.63) is 74.6 Å². The Balaban J connectivity index is 1.90. The molecular weight excluding hydrogens is 286 g/mol. The van der Waals surface area contributed by atoms with E-state index in [9.17, 15) is 5.11 Å². The van der Waals surface area contributed by atoms with Gasteiger partial charge in [-0.2, -0.15) is 0 Å². The summed E-state index contributed by atoms with van der Waals surface area (Å²) in [5.41, 5.74) is 1.95. The minimum atomic E-state index is 0.0676. The Morgan fingerprint density at radius 3 is 2.20 bits per heavy atom. The first kappa shape index (κ1) is 13.4. The fraction of sp³-hybridized carbons (Fsp3) is 0.125. The summed E-state index contributed by atoms with van der Waals surface area (Å²) in [6.07, 6.45) is 0. The molecule has 2 aromatic heterocycles. The number of benzene rings is 1. The lowest BCUT2D eigenvalue weighted by atomic mass is 10.1. The van der Waals surface area contributed by atoms with Crippen molar-refractivity contribution in [2.45, 2.75) is 12.6 Å². The number of rotatable bonds is 5. The van der Waals surface area contributed by atoms with E-state index >= 15 is 0 Å². The summed E-state index contributed by atoms with van der Waals surface area (Å²) in [6.45, 7) is 0.0676. The fourth-order valence-corrected chi connectivity index (χ4v) is 3.78. The average Bonchev–Trinajstić information content (AvgIpc) is 3.18. The van der Waals surface area contributed by atoms with Crippen molar-refractivity contribution in [3.8, 4) is 0 Å². The lowest BCUT2D eigenvalue weighted by Crippen LogP contribution is -2.09. The lowest BCUT2D eigenvalue weighted by Gasteiger charge is -2.18. The predicted molar refractivity (Wildman–Crippen MR) is 86.5 cm³/mol. The van der Waals surface area contributed by atoms with E-state index in [-0.39, 0.29) is 12.6 Å². The van der Waals surface area contributed by atoms with Crippen molar-refractivity contribution < 1.29 is 5.11 Å². The van der Waals surface area contributed by atoms with E-state index in [2.05, 4.69) is 40.3 Å². The molecule has 2 heterocycles. The molecule has 0 saturated heterocycles. The van der Waals surface area contributed by atoms with Crippen molar-refractivity contribution in [2.75, 3.05) is 5.32 Å². The zero-order valence-electron chi connectivity index (χ0n) is 10.8. The van der Waals surface area contributed by atoms with E-state index < -0.39 is 0 Å². The molecule has 102 valence electrons. The minimum absolute atomic E-state index is 0.0676. The van der Waals surface area contributed by atoms with Crippen LogP contribution in [0.2, 0.25) is 0 Å². The van der Waals surface area contributed by atoms with Crippen LogP contribution in [0.3, 0.4) is 0 Å². The highest BCUT2D eigenvalue weighted by atomic mass is 32.1. The Kier molecular flexibility index (Phi) is 4.16. The van der Waals surface area contributed by atoms with E-state index in [1.807, 2.05) is 24.3 Å². The molecule has 0 bridgehead atoms. The largest absolute Gasteiger partial charge is 0.392 e. The quantitative estimate of drug-likeness (QED) is 0.727. The summed E-state index contributed by atoms with van der Waals surface area (Å²) >= 11 is 3.51. The molecule has 0 fully saturated rings. The normalized spacial score (nSPS) is 10.9. The molecule has 0 spiro atoms. The number of hydrogen-bond acceptors (Lipinski definition) is 4. The summed E-state index contributed by atoms with van der Waals surface area (Å²) < 4.78 is 0. The van der Waals surface area contributed by atoms with Crippen molar-refractivity contribution in [1.82, 2.24) is 0 Å². The minimum Gasteiger partial charge on any atom is -0.392 e. The summed E-state index contributed by atoms with van der Waals surface area (Å²) in [5.74, 6) is 0. The Hall–Kier alpha value is -1.62. The van der Waals surface area contributed by atoms with E-state index in [0.29, 0.717) is 0 Å². The molecular formula is C16H15NOS2. The highest BCUT2D eigenvalue weighted by Crippen LogP contribution is 2.32. The summed E-state index contributed by atoms with van der Waals surface area (Å²) in [4.78, 5) is 2.59. The monoisotopic (exact) mass is 301 g/mol. The van der Waals surface area contributed by atoms with Gasteiger partial charge in [-0.1, -0.05) is 24.3 Å². The third kappa shape index (κ3) is 2.93. The van der Waals surface area contributed by atoms with Gasteiger partial charge in [0, 0.05) is 15.4 Å². The Bertz CT molecular complexity index is 613. The number of aliphatic hydroxyl groups is 1. The van der Waals surface area contributed by atoms with Crippen molar-refractivity contribution in [2.24, 2.45) is 0 Å². The van der Waals surface area contributed by atoms with E-state index in [1.165, 1.54) is 9.75 Å². The number of nitrogens with one attached hydrogen (secondary N) is 1. The van der Waals surface area contributed by atoms with E-state index in [1.54, 1.807) is 22.7 Å². The predicted octanol–water partition coefficient (Wildman–Crippen LogP) is 4.50. The molecule has 0 aliphatic rings. The zero-order valence-corrected chi connectivity index (χ0v) is 12.5. The molecule has 0 unspecified atom stereocenters. The van der Waals surface area contributed by atoms with Gasteiger partial charge >= 0.3 is 0 Å². The molecule has 0 aliphatic carbocycles. The van der Waals surface area contributed by atoms with E-state index in [0.717, 1.165) is 11.3 Å². The molecule has 3 rings (SSSR count). The second-order valence-electron chi connectivity index (χ2n) is 4.47. The second-order valence-corrected chi connectivity index (χ2v) is 6.43. The van der Waals surface area contributed by atoms with Gasteiger partial charge in [-0.15, -0.1) is 22.7 Å². The van der Waals surface area contributed by atoms with Crippen molar-refractivity contribution >= 4 is 28.4 Å². The molecule has 4 heteroatoms. The highest BCUT2D eigenvalue weighted by molar-refractivity contribution is 7.11. The van der Waals surface area contributed by atoms with Gasteiger partial charge in [0.15, 0.2) is 0 Å². The van der Waals surface area contributed by atoms with Gasteiger partial charge in [-0.25, -0.2) is 0 Å². The number of hydrogen-bond donors (Lipinski definition) is 2. The average molecular weight is 301 g/mol. The maximum absolute atomic E-state index is 9.24. The van der Waals surface area contributed by atoms with Crippen LogP contribution >= 0.6 is 22.7 Å². The smallest absolute Gasteiger partial charge is 0.0953 e. The van der Waals surface area contributed by atoms with Crippen LogP contribution in [0.1, 0.15) is 21.4 Å². The number of thiophene rings is 2. The molecule has 3 aromatic rings. The standard InChI is InChI=1S/C16H15NOS2/c18-11-12-4-1-5-13(10-12)17-16(14-6-2-8-19-14)15-7-3-9-20-15/h1-10,16-18H,11H2.